The molecule has 0 bridgehead atoms. The molecule has 0 aliphatic rings. The van der Waals surface area contributed by atoms with Gasteiger partial charge in [-0.15, -0.1) is 11.3 Å². The molecule has 5 nitrogen and oxygen atoms in total. The minimum atomic E-state index is -0.476. The minimum Gasteiger partial charge on any atom is -0.395 e. The van der Waals surface area contributed by atoms with Crippen LogP contribution in [0.4, 0.5) is 0 Å². The van der Waals surface area contributed by atoms with Crippen molar-refractivity contribution in [3.05, 3.63) is 87.9 Å². The summed E-state index contributed by atoms with van der Waals surface area (Å²) in [5, 5.41) is 14.8. The number of carbonyl (C=O) groups excluding carboxylic acids is 2. The van der Waals surface area contributed by atoms with Gasteiger partial charge in [0.05, 0.1) is 6.61 Å². The Kier molecular flexibility index (Phi) is 7.19. The Morgan fingerprint density at radius 2 is 1.72 bits per heavy atom. The molecule has 0 spiro atoms. The third-order valence-electron chi connectivity index (χ3n) is 3.98. The van der Waals surface area contributed by atoms with E-state index in [0.29, 0.717) is 10.6 Å². The van der Waals surface area contributed by atoms with E-state index in [1.165, 1.54) is 11.3 Å². The second-order valence-corrected chi connectivity index (χ2v) is 7.56. The fourth-order valence-corrected chi connectivity index (χ4v) is 3.87. The Labute approximate surface area is 177 Å². The molecule has 0 aliphatic heterocycles. The molecule has 0 radical (unpaired) electrons. The normalized spacial score (nSPS) is 11.2. The van der Waals surface area contributed by atoms with Crippen molar-refractivity contribution in [2.75, 3.05) is 13.2 Å². The standard InChI is InChI=1S/C22H19ClN2O3S/c23-18-9-5-4-8-17(18)20-11-10-16(29-20)14-19(22(28)24-12-13-26)25-21(27)15-6-2-1-3-7-15/h1-11,14,26H,12-13H2,(H,24,28)(H,25,27)/b19-14+. The van der Waals surface area contributed by atoms with E-state index in [0.717, 1.165) is 15.3 Å². The number of nitrogens with one attached hydrogen (secondary N) is 2. The number of hydrogen-bond donors (Lipinski definition) is 3. The maximum Gasteiger partial charge on any atom is 0.267 e. The number of benzene rings is 2. The van der Waals surface area contributed by atoms with Crippen LogP contribution < -0.4 is 10.6 Å². The van der Waals surface area contributed by atoms with Crippen molar-refractivity contribution in [2.45, 2.75) is 0 Å². The van der Waals surface area contributed by atoms with Gasteiger partial charge in [-0.3, -0.25) is 9.59 Å². The molecule has 0 saturated heterocycles. The number of carbonyl (C=O) groups is 2. The molecule has 1 aromatic heterocycles. The number of aliphatic hydroxyl groups is 1. The smallest absolute Gasteiger partial charge is 0.267 e. The molecule has 0 aliphatic carbocycles. The lowest BCUT2D eigenvalue weighted by Gasteiger charge is -2.10. The van der Waals surface area contributed by atoms with E-state index >= 15 is 0 Å². The molecule has 0 fully saturated rings. The lowest BCUT2D eigenvalue weighted by Crippen LogP contribution is -2.36. The number of aliphatic hydroxyl groups excluding tert-OH is 1. The third-order valence-corrected chi connectivity index (χ3v) is 5.37. The van der Waals surface area contributed by atoms with E-state index in [1.807, 2.05) is 42.5 Å². The fraction of sp³-hybridized carbons (Fsp3) is 0.0909. The van der Waals surface area contributed by atoms with Crippen molar-refractivity contribution in [1.82, 2.24) is 10.6 Å². The van der Waals surface area contributed by atoms with Gasteiger partial charge in [0.2, 0.25) is 0 Å². The average molecular weight is 427 g/mol. The molecule has 7 heteroatoms. The van der Waals surface area contributed by atoms with Gasteiger partial charge in [0.25, 0.3) is 11.8 Å². The van der Waals surface area contributed by atoms with E-state index < -0.39 is 5.91 Å². The molecule has 29 heavy (non-hydrogen) atoms. The number of hydrogen-bond acceptors (Lipinski definition) is 4. The Morgan fingerprint density at radius 3 is 2.45 bits per heavy atom. The first-order valence-electron chi connectivity index (χ1n) is 8.90. The summed E-state index contributed by atoms with van der Waals surface area (Å²) in [6.45, 7) is -0.103. The highest BCUT2D eigenvalue weighted by molar-refractivity contribution is 7.16. The van der Waals surface area contributed by atoms with E-state index in [-0.39, 0.29) is 24.8 Å². The second kappa shape index (κ2) is 10.0. The first-order valence-corrected chi connectivity index (χ1v) is 10.1. The van der Waals surface area contributed by atoms with Gasteiger partial charge in [0.1, 0.15) is 5.70 Å². The molecule has 3 N–H and O–H groups in total. The second-order valence-electron chi connectivity index (χ2n) is 6.04. The number of rotatable bonds is 7. The van der Waals surface area contributed by atoms with Crippen LogP contribution in [0.5, 0.6) is 0 Å². The third kappa shape index (κ3) is 5.54. The molecule has 3 rings (SSSR count). The Bertz CT molecular complexity index is 1030. The van der Waals surface area contributed by atoms with Crippen LogP contribution in [0.15, 0.2) is 72.4 Å². The molecular formula is C22H19ClN2O3S. The lowest BCUT2D eigenvalue weighted by molar-refractivity contribution is -0.117. The summed E-state index contributed by atoms with van der Waals surface area (Å²) < 4.78 is 0. The van der Waals surface area contributed by atoms with Crippen LogP contribution >= 0.6 is 22.9 Å². The van der Waals surface area contributed by atoms with Gasteiger partial charge in [-0.25, -0.2) is 0 Å². The van der Waals surface area contributed by atoms with E-state index in [2.05, 4.69) is 10.6 Å². The van der Waals surface area contributed by atoms with Crippen LogP contribution in [-0.2, 0) is 4.79 Å². The van der Waals surface area contributed by atoms with Crippen molar-refractivity contribution >= 4 is 40.8 Å². The average Bonchev–Trinajstić information content (AvgIpc) is 3.20. The molecule has 148 valence electrons. The predicted molar refractivity (Wildman–Crippen MR) is 117 cm³/mol. The van der Waals surface area contributed by atoms with Crippen LogP contribution in [0, 0.1) is 0 Å². The molecule has 3 aromatic rings. The SMILES string of the molecule is O=C(NCCO)/C(=C\c1ccc(-c2ccccc2Cl)s1)NC(=O)c1ccccc1. The Morgan fingerprint density at radius 1 is 1.00 bits per heavy atom. The van der Waals surface area contributed by atoms with Gasteiger partial charge >= 0.3 is 0 Å². The number of thiophene rings is 1. The van der Waals surface area contributed by atoms with Crippen LogP contribution in [0.3, 0.4) is 0 Å². The van der Waals surface area contributed by atoms with Gasteiger partial charge in [-0.2, -0.15) is 0 Å². The fourth-order valence-electron chi connectivity index (χ4n) is 2.59. The van der Waals surface area contributed by atoms with Gasteiger partial charge in [0, 0.05) is 32.4 Å². The predicted octanol–water partition coefficient (Wildman–Crippen LogP) is 3.95. The van der Waals surface area contributed by atoms with Crippen molar-refractivity contribution in [3.8, 4) is 10.4 Å². The maximum atomic E-state index is 12.5. The summed E-state index contributed by atoms with van der Waals surface area (Å²) in [7, 11) is 0. The zero-order valence-electron chi connectivity index (χ0n) is 15.4. The topological polar surface area (TPSA) is 78.4 Å². The largest absolute Gasteiger partial charge is 0.395 e. The summed E-state index contributed by atoms with van der Waals surface area (Å²) in [6.07, 6.45) is 1.61. The van der Waals surface area contributed by atoms with Crippen LogP contribution in [-0.4, -0.2) is 30.1 Å². The monoisotopic (exact) mass is 426 g/mol. The number of amides is 2. The minimum absolute atomic E-state index is 0.0900. The van der Waals surface area contributed by atoms with Crippen molar-refractivity contribution in [3.63, 3.8) is 0 Å². The van der Waals surface area contributed by atoms with Crippen molar-refractivity contribution in [2.24, 2.45) is 0 Å². The van der Waals surface area contributed by atoms with Crippen LogP contribution in [0.2, 0.25) is 5.02 Å². The van der Waals surface area contributed by atoms with Crippen LogP contribution in [0.1, 0.15) is 15.2 Å². The van der Waals surface area contributed by atoms with E-state index in [9.17, 15) is 9.59 Å². The highest BCUT2D eigenvalue weighted by atomic mass is 35.5. The van der Waals surface area contributed by atoms with Crippen molar-refractivity contribution < 1.29 is 14.7 Å². The first kappa shape index (κ1) is 20.8. The Hall–Kier alpha value is -2.93. The van der Waals surface area contributed by atoms with Gasteiger partial charge in [-0.1, -0.05) is 48.0 Å². The summed E-state index contributed by atoms with van der Waals surface area (Å²) in [5.74, 6) is -0.866. The molecule has 2 aromatic carbocycles. The highest BCUT2D eigenvalue weighted by Gasteiger charge is 2.15. The summed E-state index contributed by atoms with van der Waals surface area (Å²) in [5.41, 5.74) is 1.44. The number of halogens is 1. The zero-order chi connectivity index (χ0) is 20.6. The van der Waals surface area contributed by atoms with Gasteiger partial charge in [-0.05, 0) is 36.4 Å². The summed E-state index contributed by atoms with van der Waals surface area (Å²) in [4.78, 5) is 26.7. The molecule has 0 atom stereocenters. The molecule has 0 saturated carbocycles. The first-order chi connectivity index (χ1) is 14.1. The zero-order valence-corrected chi connectivity index (χ0v) is 17.0. The summed E-state index contributed by atoms with van der Waals surface area (Å²) in [6, 6.07) is 19.9. The molecule has 0 unspecified atom stereocenters. The highest BCUT2D eigenvalue weighted by Crippen LogP contribution is 2.33. The summed E-state index contributed by atoms with van der Waals surface area (Å²) >= 11 is 7.72. The maximum absolute atomic E-state index is 12.5. The molecule has 1 heterocycles. The lowest BCUT2D eigenvalue weighted by atomic mass is 10.2. The molecular weight excluding hydrogens is 408 g/mol. The van der Waals surface area contributed by atoms with E-state index in [4.69, 9.17) is 16.7 Å². The van der Waals surface area contributed by atoms with Gasteiger partial charge in [0.15, 0.2) is 0 Å². The van der Waals surface area contributed by atoms with Crippen LogP contribution in [0.25, 0.3) is 16.5 Å². The van der Waals surface area contributed by atoms with Gasteiger partial charge < -0.3 is 15.7 Å². The quantitative estimate of drug-likeness (QED) is 0.500. The Balaban J connectivity index is 1.87. The van der Waals surface area contributed by atoms with E-state index in [1.54, 1.807) is 30.3 Å². The van der Waals surface area contributed by atoms with Crippen molar-refractivity contribution in [1.29, 1.82) is 0 Å². The molecule has 2 amide bonds.